The van der Waals surface area contributed by atoms with E-state index in [1.165, 1.54) is 40.6 Å². The first-order valence-electron chi connectivity index (χ1n) is 13.9. The number of rotatable bonds is 9. The number of nitrogens with zero attached hydrogens (tertiary/aromatic N) is 15. The van der Waals surface area contributed by atoms with E-state index in [0.717, 1.165) is 4.68 Å². The molecular weight excluding hydrogens is 638 g/mol. The Kier molecular flexibility index (Phi) is 8.58. The predicted molar refractivity (Wildman–Crippen MR) is 169 cm³/mol. The van der Waals surface area contributed by atoms with Gasteiger partial charge in [-0.2, -0.15) is 30.3 Å². The zero-order valence-electron chi connectivity index (χ0n) is 26.7. The minimum Gasteiger partial charge on any atom is -0.465 e. The van der Waals surface area contributed by atoms with E-state index in [0.29, 0.717) is 5.69 Å². The molecule has 0 aliphatic heterocycles. The fraction of sp³-hybridized carbons (Fsp3) is 0.214. The van der Waals surface area contributed by atoms with Gasteiger partial charge in [-0.3, -0.25) is 9.59 Å². The molecule has 21 heteroatoms. The van der Waals surface area contributed by atoms with Crippen LogP contribution in [-0.2, 0) is 23.6 Å². The summed E-state index contributed by atoms with van der Waals surface area (Å²) < 4.78 is 9.67. The number of nitriles is 1. The number of esters is 1. The molecule has 0 aromatic carbocycles. The molecule has 0 saturated heterocycles. The zero-order chi connectivity index (χ0) is 35.7. The van der Waals surface area contributed by atoms with Crippen molar-refractivity contribution < 1.29 is 19.1 Å². The normalized spacial score (nSPS) is 11.3. The van der Waals surface area contributed by atoms with Crippen LogP contribution in [0.25, 0.3) is 16.5 Å². The monoisotopic (exact) mass is 663 g/mol. The molecule has 0 bridgehead atoms. The Bertz CT molecular complexity index is 2340. The van der Waals surface area contributed by atoms with Crippen molar-refractivity contribution in [2.45, 2.75) is 20.8 Å². The number of nitrogens with two attached hydrogens (primary N) is 2. The second kappa shape index (κ2) is 12.8. The lowest BCUT2D eigenvalue weighted by Gasteiger charge is -2.14. The summed E-state index contributed by atoms with van der Waals surface area (Å²) in [5.41, 5.74) is 13.8. The van der Waals surface area contributed by atoms with Gasteiger partial charge in [-0.05, 0) is 26.3 Å². The molecule has 0 amide bonds. The van der Waals surface area contributed by atoms with Gasteiger partial charge in [0.05, 0.1) is 48.6 Å². The lowest BCUT2D eigenvalue weighted by atomic mass is 10.1. The van der Waals surface area contributed by atoms with Crippen LogP contribution in [0.3, 0.4) is 0 Å². The number of hydrogen-bond acceptors (Lipinski definition) is 16. The molecule has 4 N–H and O–H groups in total. The Morgan fingerprint density at radius 3 is 1.92 bits per heavy atom. The van der Waals surface area contributed by atoms with E-state index in [-0.39, 0.29) is 86.2 Å². The molecule has 0 aliphatic rings. The van der Waals surface area contributed by atoms with Crippen LogP contribution in [0.5, 0.6) is 0 Å². The maximum atomic E-state index is 12.2. The summed E-state index contributed by atoms with van der Waals surface area (Å²) >= 11 is 0. The van der Waals surface area contributed by atoms with E-state index in [2.05, 4.69) is 56.7 Å². The molecule has 0 radical (unpaired) electrons. The number of aromatic nitrogens is 9. The molecule has 49 heavy (non-hydrogen) atoms. The van der Waals surface area contributed by atoms with Gasteiger partial charge in [0.15, 0.2) is 52.6 Å². The molecule has 21 nitrogen and oxygen atoms in total. The molecule has 5 aromatic rings. The standard InChI is InChI=1S/C28H25N17O4/c1-12-15(8-29)24(44-22(30)20(13(2)40-44)36-38-25-16(18(47)11-46)9-33-42(25)5)35-27(19(12)32-4)45-23(31)21(14(3)41-45)37-39-26-17(28(48)49-7)10-34-43(26)6/h9-11H,30-31H2,1-3,5-7H3/b38-36+,39-37+. The fourth-order valence-electron chi connectivity index (χ4n) is 4.66. The van der Waals surface area contributed by atoms with Gasteiger partial charge in [0.25, 0.3) is 0 Å². The van der Waals surface area contributed by atoms with Crippen LogP contribution >= 0.6 is 0 Å². The third-order valence-electron chi connectivity index (χ3n) is 7.21. The first kappa shape index (κ1) is 33.0. The van der Waals surface area contributed by atoms with E-state index in [9.17, 15) is 19.6 Å². The molecule has 5 heterocycles. The number of methoxy groups -OCH3 is 1. The molecule has 0 spiro atoms. The second-order valence-corrected chi connectivity index (χ2v) is 10.2. The highest BCUT2D eigenvalue weighted by atomic mass is 16.5. The summed E-state index contributed by atoms with van der Waals surface area (Å²) in [4.78, 5) is 43.4. The molecular formula is C28H25N17O4. The van der Waals surface area contributed by atoms with Crippen LogP contribution in [0.2, 0.25) is 0 Å². The number of anilines is 2. The summed E-state index contributed by atoms with van der Waals surface area (Å²) in [6.07, 6.45) is 2.61. The van der Waals surface area contributed by atoms with Gasteiger partial charge in [-0.25, -0.2) is 28.7 Å². The Labute approximate surface area is 275 Å². The van der Waals surface area contributed by atoms with E-state index >= 15 is 0 Å². The van der Waals surface area contributed by atoms with E-state index < -0.39 is 11.8 Å². The summed E-state index contributed by atoms with van der Waals surface area (Å²) in [5, 5.41) is 43.5. The third kappa shape index (κ3) is 5.52. The number of azo groups is 2. The average molecular weight is 664 g/mol. The van der Waals surface area contributed by atoms with Crippen LogP contribution in [0.15, 0.2) is 32.9 Å². The zero-order valence-corrected chi connectivity index (χ0v) is 26.7. The van der Waals surface area contributed by atoms with Gasteiger partial charge in [-0.1, -0.05) is 0 Å². The van der Waals surface area contributed by atoms with Gasteiger partial charge in [0.2, 0.25) is 11.5 Å². The highest BCUT2D eigenvalue weighted by Gasteiger charge is 2.27. The molecule has 0 atom stereocenters. The number of ketones is 1. The SMILES string of the molecule is [C-]#[N+]c1c(-n2nc(C)c(/N=N/c3c(C(=O)OC)cnn3C)c2N)nc(-n2nc(C)c(/N=N/c3c(C(=O)C=O)cnn3C)c2N)c(C#N)c1C. The first-order chi connectivity index (χ1) is 23.4. The third-order valence-corrected chi connectivity index (χ3v) is 7.21. The van der Waals surface area contributed by atoms with Gasteiger partial charge in [0.1, 0.15) is 11.6 Å². The molecule has 246 valence electrons. The van der Waals surface area contributed by atoms with Crippen molar-refractivity contribution in [1.29, 1.82) is 5.26 Å². The maximum Gasteiger partial charge on any atom is 0.343 e. The van der Waals surface area contributed by atoms with Gasteiger partial charge >= 0.3 is 5.97 Å². The van der Waals surface area contributed by atoms with Crippen molar-refractivity contribution in [3.63, 3.8) is 0 Å². The number of ether oxygens (including phenoxy) is 1. The van der Waals surface area contributed by atoms with Crippen molar-refractivity contribution in [1.82, 2.24) is 44.1 Å². The summed E-state index contributed by atoms with van der Waals surface area (Å²) in [6, 6.07) is 2.05. The largest absolute Gasteiger partial charge is 0.465 e. The van der Waals surface area contributed by atoms with Gasteiger partial charge < -0.3 is 16.2 Å². The predicted octanol–water partition coefficient (Wildman–Crippen LogP) is 3.43. The highest BCUT2D eigenvalue weighted by molar-refractivity contribution is 6.34. The number of Topliss-reactive ketones (excluding diaryl/α,β-unsaturated/α-hetero) is 1. The Morgan fingerprint density at radius 2 is 1.43 bits per heavy atom. The Hall–Kier alpha value is -7.42. The van der Waals surface area contributed by atoms with Crippen molar-refractivity contribution in [2.75, 3.05) is 18.6 Å². The second-order valence-electron chi connectivity index (χ2n) is 10.2. The van der Waals surface area contributed by atoms with Crippen molar-refractivity contribution in [2.24, 2.45) is 34.6 Å². The average Bonchev–Trinajstić information content (AvgIpc) is 3.81. The van der Waals surface area contributed by atoms with Crippen LogP contribution in [0.4, 0.5) is 40.3 Å². The Morgan fingerprint density at radius 1 is 0.918 bits per heavy atom. The smallest absolute Gasteiger partial charge is 0.343 e. The van der Waals surface area contributed by atoms with Crippen molar-refractivity contribution in [3.8, 4) is 17.7 Å². The van der Waals surface area contributed by atoms with Gasteiger partial charge in [-0.15, -0.1) is 20.5 Å². The molecule has 5 rings (SSSR count). The Balaban J connectivity index is 1.64. The van der Waals surface area contributed by atoms with Crippen LogP contribution in [-0.4, -0.2) is 69.3 Å². The number of pyridine rings is 1. The van der Waals surface area contributed by atoms with E-state index in [1.807, 2.05) is 0 Å². The molecule has 5 aromatic heterocycles. The lowest BCUT2D eigenvalue weighted by Crippen LogP contribution is -2.12. The molecule has 0 saturated carbocycles. The molecule has 0 aliphatic carbocycles. The van der Waals surface area contributed by atoms with Crippen molar-refractivity contribution in [3.05, 3.63) is 57.5 Å². The van der Waals surface area contributed by atoms with Crippen molar-refractivity contribution >= 4 is 58.4 Å². The number of carbonyl (C=O) groups excluding carboxylic acids is 3. The molecule has 0 unspecified atom stereocenters. The van der Waals surface area contributed by atoms with E-state index in [1.54, 1.807) is 27.8 Å². The first-order valence-corrected chi connectivity index (χ1v) is 13.9. The fourth-order valence-corrected chi connectivity index (χ4v) is 4.66. The number of aldehydes is 1. The quantitative estimate of drug-likeness (QED) is 0.0573. The van der Waals surface area contributed by atoms with Crippen LogP contribution in [0, 0.1) is 38.7 Å². The number of carbonyl (C=O) groups is 3. The summed E-state index contributed by atoms with van der Waals surface area (Å²) in [7, 11) is 4.29. The van der Waals surface area contributed by atoms with Crippen LogP contribution < -0.4 is 11.5 Å². The number of nitrogen functional groups attached to an aromatic ring is 2. The minimum atomic E-state index is -0.839. The summed E-state index contributed by atoms with van der Waals surface area (Å²) in [5.74, 6) is -1.70. The summed E-state index contributed by atoms with van der Waals surface area (Å²) in [6.45, 7) is 12.6. The van der Waals surface area contributed by atoms with Crippen LogP contribution in [0.1, 0.15) is 43.2 Å². The lowest BCUT2D eigenvalue weighted by molar-refractivity contribution is -0.104. The number of aryl methyl sites for hydroxylation is 4. The molecule has 0 fully saturated rings. The van der Waals surface area contributed by atoms with Gasteiger partial charge in [0, 0.05) is 14.1 Å². The maximum absolute atomic E-state index is 12.2. The van der Waals surface area contributed by atoms with E-state index in [4.69, 9.17) is 22.8 Å². The highest BCUT2D eigenvalue weighted by Crippen LogP contribution is 2.38. The minimum absolute atomic E-state index is 0.00132. The topological polar surface area (TPSA) is 274 Å². The number of hydrogen-bond donors (Lipinski definition) is 2.